The highest BCUT2D eigenvalue weighted by Gasteiger charge is 2.17. The van der Waals surface area contributed by atoms with E-state index in [-0.39, 0.29) is 12.6 Å². The van der Waals surface area contributed by atoms with Crippen LogP contribution in [-0.2, 0) is 6.54 Å². The van der Waals surface area contributed by atoms with Crippen LogP contribution in [0, 0.1) is 0 Å². The molecule has 0 aromatic heterocycles. The number of methoxy groups -OCH3 is 1. The molecule has 0 heterocycles. The predicted octanol–water partition coefficient (Wildman–Crippen LogP) is 3.58. The lowest BCUT2D eigenvalue weighted by Gasteiger charge is -2.27. The van der Waals surface area contributed by atoms with E-state index in [1.807, 2.05) is 31.3 Å². The molecule has 22 heavy (non-hydrogen) atoms. The van der Waals surface area contributed by atoms with Crippen molar-refractivity contribution in [2.45, 2.75) is 17.5 Å². The molecule has 0 fully saturated rings. The molecule has 2 aromatic carbocycles. The quantitative estimate of drug-likeness (QED) is 0.791. The smallest absolute Gasteiger partial charge is 0.118 e. The number of thioether (sulfide) groups is 1. The Morgan fingerprint density at radius 3 is 2.41 bits per heavy atom. The second-order valence-corrected chi connectivity index (χ2v) is 6.05. The third-order valence-electron chi connectivity index (χ3n) is 3.82. The standard InChI is InChI=1S/C18H23NO2S/c1-19(12-15-6-4-5-7-18(15)22-3)17(13-20)14-8-10-16(21-2)11-9-14/h4-11,17,20H,12-13H2,1-3H3. The Morgan fingerprint density at radius 1 is 1.14 bits per heavy atom. The number of aliphatic hydroxyl groups is 1. The molecule has 0 aliphatic rings. The summed E-state index contributed by atoms with van der Waals surface area (Å²) in [7, 11) is 3.70. The third kappa shape index (κ3) is 4.03. The zero-order valence-electron chi connectivity index (χ0n) is 13.3. The lowest BCUT2D eigenvalue weighted by atomic mass is 10.1. The second kappa shape index (κ2) is 8.22. The molecule has 0 spiro atoms. The summed E-state index contributed by atoms with van der Waals surface area (Å²) in [6, 6.07) is 16.3. The fourth-order valence-electron chi connectivity index (χ4n) is 2.54. The van der Waals surface area contributed by atoms with Gasteiger partial charge in [-0.3, -0.25) is 4.90 Å². The van der Waals surface area contributed by atoms with Crippen LogP contribution < -0.4 is 4.74 Å². The van der Waals surface area contributed by atoms with Crippen molar-refractivity contribution in [2.75, 3.05) is 27.0 Å². The number of rotatable bonds is 7. The first-order valence-corrected chi connectivity index (χ1v) is 8.49. The summed E-state index contributed by atoms with van der Waals surface area (Å²) >= 11 is 1.75. The highest BCUT2D eigenvalue weighted by atomic mass is 32.2. The number of nitrogens with zero attached hydrogens (tertiary/aromatic N) is 1. The molecule has 2 rings (SSSR count). The van der Waals surface area contributed by atoms with Gasteiger partial charge in [0, 0.05) is 11.4 Å². The van der Waals surface area contributed by atoms with Crippen LogP contribution in [0.4, 0.5) is 0 Å². The van der Waals surface area contributed by atoms with E-state index >= 15 is 0 Å². The van der Waals surface area contributed by atoms with Gasteiger partial charge >= 0.3 is 0 Å². The molecule has 1 N–H and O–H groups in total. The van der Waals surface area contributed by atoms with E-state index in [1.54, 1.807) is 18.9 Å². The van der Waals surface area contributed by atoms with Gasteiger partial charge in [-0.15, -0.1) is 11.8 Å². The molecule has 1 atom stereocenters. The molecular formula is C18H23NO2S. The number of hydrogen-bond donors (Lipinski definition) is 1. The summed E-state index contributed by atoms with van der Waals surface area (Å²) < 4.78 is 5.19. The Bertz CT molecular complexity index is 586. The predicted molar refractivity (Wildman–Crippen MR) is 92.5 cm³/mol. The molecule has 1 unspecified atom stereocenters. The van der Waals surface area contributed by atoms with E-state index in [0.29, 0.717) is 0 Å². The first-order chi connectivity index (χ1) is 10.7. The van der Waals surface area contributed by atoms with Crippen molar-refractivity contribution < 1.29 is 9.84 Å². The Hall–Kier alpha value is -1.49. The minimum absolute atomic E-state index is 0.0270. The van der Waals surface area contributed by atoms with E-state index in [2.05, 4.69) is 35.4 Å². The zero-order chi connectivity index (χ0) is 15.9. The molecule has 4 heteroatoms. The fourth-order valence-corrected chi connectivity index (χ4v) is 3.15. The van der Waals surface area contributed by atoms with Gasteiger partial charge in [0.2, 0.25) is 0 Å². The average Bonchev–Trinajstić information content (AvgIpc) is 2.56. The lowest BCUT2D eigenvalue weighted by Crippen LogP contribution is -2.27. The maximum absolute atomic E-state index is 9.80. The molecule has 0 radical (unpaired) electrons. The second-order valence-electron chi connectivity index (χ2n) is 5.20. The van der Waals surface area contributed by atoms with Crippen molar-refractivity contribution in [3.05, 3.63) is 59.7 Å². The van der Waals surface area contributed by atoms with Gasteiger partial charge in [-0.2, -0.15) is 0 Å². The topological polar surface area (TPSA) is 32.7 Å². The average molecular weight is 317 g/mol. The molecule has 0 saturated carbocycles. The van der Waals surface area contributed by atoms with Crippen molar-refractivity contribution in [2.24, 2.45) is 0 Å². The van der Waals surface area contributed by atoms with Crippen molar-refractivity contribution in [1.29, 1.82) is 0 Å². The summed E-state index contributed by atoms with van der Waals surface area (Å²) in [6.07, 6.45) is 2.09. The molecule has 2 aromatic rings. The van der Waals surface area contributed by atoms with Gasteiger partial charge in [0.25, 0.3) is 0 Å². The van der Waals surface area contributed by atoms with E-state index < -0.39 is 0 Å². The van der Waals surface area contributed by atoms with Crippen LogP contribution in [-0.4, -0.2) is 37.0 Å². The number of benzene rings is 2. The van der Waals surface area contributed by atoms with Gasteiger partial charge in [0.1, 0.15) is 5.75 Å². The lowest BCUT2D eigenvalue weighted by molar-refractivity contribution is 0.142. The zero-order valence-corrected chi connectivity index (χ0v) is 14.1. The normalized spacial score (nSPS) is 12.4. The highest BCUT2D eigenvalue weighted by molar-refractivity contribution is 7.98. The monoisotopic (exact) mass is 317 g/mol. The third-order valence-corrected chi connectivity index (χ3v) is 4.66. The summed E-state index contributed by atoms with van der Waals surface area (Å²) in [5.74, 6) is 0.829. The highest BCUT2D eigenvalue weighted by Crippen LogP contribution is 2.26. The van der Waals surface area contributed by atoms with E-state index in [4.69, 9.17) is 4.74 Å². The van der Waals surface area contributed by atoms with Crippen LogP contribution in [0.1, 0.15) is 17.2 Å². The maximum Gasteiger partial charge on any atom is 0.118 e. The van der Waals surface area contributed by atoms with Crippen LogP contribution in [0.25, 0.3) is 0 Å². The van der Waals surface area contributed by atoms with Gasteiger partial charge in [-0.1, -0.05) is 30.3 Å². The van der Waals surface area contributed by atoms with Crippen LogP contribution in [0.2, 0.25) is 0 Å². The van der Waals surface area contributed by atoms with Gasteiger partial charge in [-0.25, -0.2) is 0 Å². The Morgan fingerprint density at radius 2 is 1.82 bits per heavy atom. The SMILES string of the molecule is COc1ccc(C(CO)N(C)Cc2ccccc2SC)cc1. The van der Waals surface area contributed by atoms with Crippen molar-refractivity contribution in [1.82, 2.24) is 4.90 Å². The minimum Gasteiger partial charge on any atom is -0.497 e. The summed E-state index contributed by atoms with van der Waals surface area (Å²) in [4.78, 5) is 3.46. The number of ether oxygens (including phenoxy) is 1. The summed E-state index contributed by atoms with van der Waals surface area (Å²) in [5.41, 5.74) is 2.37. The van der Waals surface area contributed by atoms with E-state index in [0.717, 1.165) is 17.9 Å². The minimum atomic E-state index is -0.0270. The van der Waals surface area contributed by atoms with E-state index in [1.165, 1.54) is 10.5 Å². The summed E-state index contributed by atoms with van der Waals surface area (Å²) in [5, 5.41) is 9.80. The number of aliphatic hydroxyl groups excluding tert-OH is 1. The Kier molecular flexibility index (Phi) is 6.31. The first-order valence-electron chi connectivity index (χ1n) is 7.26. The van der Waals surface area contributed by atoms with Gasteiger partial charge in [-0.05, 0) is 42.6 Å². The molecular weight excluding hydrogens is 294 g/mol. The largest absolute Gasteiger partial charge is 0.497 e. The van der Waals surface area contributed by atoms with Gasteiger partial charge in [0.15, 0.2) is 0 Å². The molecule has 3 nitrogen and oxygen atoms in total. The molecule has 118 valence electrons. The summed E-state index contributed by atoms with van der Waals surface area (Å²) in [6.45, 7) is 0.887. The molecule has 0 saturated heterocycles. The Labute approximate surface area is 136 Å². The molecule has 0 aliphatic carbocycles. The van der Waals surface area contributed by atoms with Crippen LogP contribution in [0.3, 0.4) is 0 Å². The van der Waals surface area contributed by atoms with E-state index in [9.17, 15) is 5.11 Å². The number of likely N-dealkylation sites (N-methyl/N-ethyl adjacent to an activating group) is 1. The molecule has 0 aliphatic heterocycles. The van der Waals surface area contributed by atoms with Gasteiger partial charge in [0.05, 0.1) is 19.8 Å². The van der Waals surface area contributed by atoms with Gasteiger partial charge < -0.3 is 9.84 Å². The fraction of sp³-hybridized carbons (Fsp3) is 0.333. The maximum atomic E-state index is 9.80. The Balaban J connectivity index is 2.15. The van der Waals surface area contributed by atoms with Crippen LogP contribution in [0.15, 0.2) is 53.4 Å². The van der Waals surface area contributed by atoms with Crippen molar-refractivity contribution >= 4 is 11.8 Å². The molecule has 0 bridgehead atoms. The molecule has 0 amide bonds. The first kappa shape index (κ1) is 16.9. The van der Waals surface area contributed by atoms with Crippen LogP contribution in [0.5, 0.6) is 5.75 Å². The van der Waals surface area contributed by atoms with Crippen LogP contribution >= 0.6 is 11.8 Å². The number of hydrogen-bond acceptors (Lipinski definition) is 4. The van der Waals surface area contributed by atoms with Crippen molar-refractivity contribution in [3.8, 4) is 5.75 Å². The van der Waals surface area contributed by atoms with Crippen molar-refractivity contribution in [3.63, 3.8) is 0 Å².